The van der Waals surface area contributed by atoms with Gasteiger partial charge >= 0.3 is 0 Å². The molecule has 132 valence electrons. The first-order chi connectivity index (χ1) is 11.0. The first-order valence-corrected chi connectivity index (χ1v) is 8.92. The van der Waals surface area contributed by atoms with E-state index in [4.69, 9.17) is 11.6 Å². The predicted octanol–water partition coefficient (Wildman–Crippen LogP) is 3.16. The van der Waals surface area contributed by atoms with Crippen LogP contribution >= 0.6 is 35.3 Å². The maximum Gasteiger partial charge on any atom is 0.234 e. The number of carbonyl (C=O) groups excluding carboxylic acids is 1. The van der Waals surface area contributed by atoms with Gasteiger partial charge in [-0.05, 0) is 45.0 Å². The van der Waals surface area contributed by atoms with E-state index in [2.05, 4.69) is 20.7 Å². The Morgan fingerprint density at radius 3 is 2.79 bits per heavy atom. The number of thiophene rings is 1. The lowest BCUT2D eigenvalue weighted by molar-refractivity contribution is -0.117. The zero-order valence-electron chi connectivity index (χ0n) is 13.6. The molecule has 1 fully saturated rings. The van der Waals surface area contributed by atoms with Crippen molar-refractivity contribution in [1.29, 1.82) is 0 Å². The summed E-state index contributed by atoms with van der Waals surface area (Å²) in [5.74, 6) is 1.30. The molecule has 1 unspecified atom stereocenters. The summed E-state index contributed by atoms with van der Waals surface area (Å²) in [7, 11) is 1.81. The SMILES string of the molecule is CC(C(=O)Nc1nc(C2CCNCC2)nn1C)c1ccc(Cl)s1.Cl. The van der Waals surface area contributed by atoms with Gasteiger partial charge in [-0.3, -0.25) is 10.1 Å². The molecule has 0 saturated carbocycles. The van der Waals surface area contributed by atoms with E-state index in [-0.39, 0.29) is 24.2 Å². The summed E-state index contributed by atoms with van der Waals surface area (Å²) in [5.41, 5.74) is 0. The molecular weight excluding hydrogens is 369 g/mol. The van der Waals surface area contributed by atoms with Crippen molar-refractivity contribution in [1.82, 2.24) is 20.1 Å². The Bertz CT molecular complexity index is 696. The zero-order valence-corrected chi connectivity index (χ0v) is 16.0. The van der Waals surface area contributed by atoms with E-state index >= 15 is 0 Å². The maximum atomic E-state index is 12.4. The molecule has 1 saturated heterocycles. The van der Waals surface area contributed by atoms with Gasteiger partial charge in [-0.2, -0.15) is 10.1 Å². The lowest BCUT2D eigenvalue weighted by Gasteiger charge is -2.19. The Balaban J connectivity index is 0.00000208. The van der Waals surface area contributed by atoms with Crippen molar-refractivity contribution < 1.29 is 4.79 Å². The van der Waals surface area contributed by atoms with Crippen LogP contribution in [0.4, 0.5) is 5.95 Å². The molecule has 2 aromatic heterocycles. The summed E-state index contributed by atoms with van der Waals surface area (Å²) in [6, 6.07) is 3.69. The summed E-state index contributed by atoms with van der Waals surface area (Å²) in [5, 5.41) is 10.7. The molecule has 0 bridgehead atoms. The van der Waals surface area contributed by atoms with Gasteiger partial charge in [0.2, 0.25) is 11.9 Å². The number of rotatable bonds is 4. The number of aryl methyl sites for hydroxylation is 1. The number of aromatic nitrogens is 3. The summed E-state index contributed by atoms with van der Waals surface area (Å²) < 4.78 is 2.33. The van der Waals surface area contributed by atoms with Crippen molar-refractivity contribution in [2.75, 3.05) is 18.4 Å². The first kappa shape index (κ1) is 19.2. The second-order valence-electron chi connectivity index (χ2n) is 5.79. The molecule has 0 aliphatic carbocycles. The van der Waals surface area contributed by atoms with Gasteiger partial charge in [0, 0.05) is 17.8 Å². The van der Waals surface area contributed by atoms with E-state index in [1.54, 1.807) is 11.7 Å². The van der Waals surface area contributed by atoms with Crippen molar-refractivity contribution in [3.8, 4) is 0 Å². The Kier molecular flexibility index (Phi) is 6.62. The fourth-order valence-electron chi connectivity index (χ4n) is 2.67. The molecule has 6 nitrogen and oxygen atoms in total. The molecule has 2 aromatic rings. The van der Waals surface area contributed by atoms with Gasteiger partial charge in [-0.1, -0.05) is 11.6 Å². The number of hydrogen-bond acceptors (Lipinski definition) is 5. The Hall–Kier alpha value is -1.15. The average Bonchev–Trinajstić information content (AvgIpc) is 3.14. The summed E-state index contributed by atoms with van der Waals surface area (Å²) in [6.07, 6.45) is 2.06. The number of piperidine rings is 1. The van der Waals surface area contributed by atoms with Crippen LogP contribution in [0.15, 0.2) is 12.1 Å². The Morgan fingerprint density at radius 1 is 1.46 bits per heavy atom. The molecule has 0 aromatic carbocycles. The highest BCUT2D eigenvalue weighted by Crippen LogP contribution is 2.29. The highest BCUT2D eigenvalue weighted by Gasteiger charge is 2.23. The standard InChI is InChI=1S/C15H20ClN5OS.ClH/c1-9(11-3-4-12(16)23-11)14(22)19-15-18-13(20-21(15)2)10-5-7-17-8-6-10;/h3-4,9-10,17H,5-8H2,1-2H3,(H,18,19,20,22);1H. The number of hydrogen-bond donors (Lipinski definition) is 2. The third-order valence-corrected chi connectivity index (χ3v) is 5.55. The monoisotopic (exact) mass is 389 g/mol. The second-order valence-corrected chi connectivity index (χ2v) is 7.54. The molecule has 1 atom stereocenters. The van der Waals surface area contributed by atoms with Crippen LogP contribution in [-0.2, 0) is 11.8 Å². The highest BCUT2D eigenvalue weighted by molar-refractivity contribution is 7.16. The maximum absolute atomic E-state index is 12.4. The van der Waals surface area contributed by atoms with Crippen LogP contribution in [0, 0.1) is 0 Å². The van der Waals surface area contributed by atoms with Gasteiger partial charge in [0.1, 0.15) is 0 Å². The minimum absolute atomic E-state index is 0. The van der Waals surface area contributed by atoms with Crippen LogP contribution in [-0.4, -0.2) is 33.8 Å². The smallest absolute Gasteiger partial charge is 0.234 e. The van der Waals surface area contributed by atoms with Gasteiger partial charge in [0.15, 0.2) is 5.82 Å². The van der Waals surface area contributed by atoms with Gasteiger partial charge < -0.3 is 5.32 Å². The molecule has 0 radical (unpaired) electrons. The third-order valence-electron chi connectivity index (χ3n) is 4.13. The van der Waals surface area contributed by atoms with Crippen molar-refractivity contribution in [2.24, 2.45) is 7.05 Å². The normalized spacial score (nSPS) is 16.5. The molecule has 3 heterocycles. The quantitative estimate of drug-likeness (QED) is 0.841. The molecular formula is C15H21Cl2N5OS. The number of halogens is 2. The Morgan fingerprint density at radius 2 is 2.17 bits per heavy atom. The average molecular weight is 390 g/mol. The largest absolute Gasteiger partial charge is 0.317 e. The van der Waals surface area contributed by atoms with Crippen LogP contribution < -0.4 is 10.6 Å². The number of nitrogens with one attached hydrogen (secondary N) is 2. The number of anilines is 1. The predicted molar refractivity (Wildman–Crippen MR) is 99.5 cm³/mol. The second kappa shape index (κ2) is 8.29. The summed E-state index contributed by atoms with van der Waals surface area (Å²) >= 11 is 7.36. The minimum atomic E-state index is -0.272. The topological polar surface area (TPSA) is 71.8 Å². The summed E-state index contributed by atoms with van der Waals surface area (Å²) in [6.45, 7) is 3.84. The third kappa shape index (κ3) is 4.27. The molecule has 9 heteroatoms. The van der Waals surface area contributed by atoms with E-state index in [0.29, 0.717) is 16.2 Å². The van der Waals surface area contributed by atoms with E-state index in [9.17, 15) is 4.79 Å². The van der Waals surface area contributed by atoms with Gasteiger partial charge in [0.05, 0.1) is 10.3 Å². The zero-order chi connectivity index (χ0) is 16.4. The van der Waals surface area contributed by atoms with Crippen LogP contribution in [0.3, 0.4) is 0 Å². The van der Waals surface area contributed by atoms with Gasteiger partial charge in [-0.15, -0.1) is 23.7 Å². The van der Waals surface area contributed by atoms with Crippen molar-refractivity contribution in [3.63, 3.8) is 0 Å². The minimum Gasteiger partial charge on any atom is -0.317 e. The molecule has 24 heavy (non-hydrogen) atoms. The van der Waals surface area contributed by atoms with Crippen LogP contribution in [0.5, 0.6) is 0 Å². The van der Waals surface area contributed by atoms with Crippen molar-refractivity contribution in [2.45, 2.75) is 31.6 Å². The molecule has 1 aliphatic heterocycles. The van der Waals surface area contributed by atoms with Crippen LogP contribution in [0.1, 0.15) is 42.3 Å². The molecule has 2 N–H and O–H groups in total. The van der Waals surface area contributed by atoms with Crippen LogP contribution in [0.25, 0.3) is 0 Å². The molecule has 1 amide bonds. The lowest BCUT2D eigenvalue weighted by atomic mass is 9.98. The number of amides is 1. The van der Waals surface area contributed by atoms with Crippen molar-refractivity contribution >= 4 is 47.2 Å². The number of nitrogens with zero attached hydrogens (tertiary/aromatic N) is 3. The highest BCUT2D eigenvalue weighted by atomic mass is 35.5. The van der Waals surface area contributed by atoms with Crippen molar-refractivity contribution in [3.05, 3.63) is 27.2 Å². The van der Waals surface area contributed by atoms with E-state index in [1.165, 1.54) is 11.3 Å². The first-order valence-electron chi connectivity index (χ1n) is 7.72. The van der Waals surface area contributed by atoms with Crippen LogP contribution in [0.2, 0.25) is 4.34 Å². The van der Waals surface area contributed by atoms with Gasteiger partial charge in [-0.25, -0.2) is 4.68 Å². The van der Waals surface area contributed by atoms with E-state index < -0.39 is 0 Å². The van der Waals surface area contributed by atoms with E-state index in [0.717, 1.165) is 36.6 Å². The summed E-state index contributed by atoms with van der Waals surface area (Å²) in [4.78, 5) is 17.9. The molecule has 3 rings (SSSR count). The molecule has 0 spiro atoms. The fraction of sp³-hybridized carbons (Fsp3) is 0.533. The van der Waals surface area contributed by atoms with E-state index in [1.807, 2.05) is 19.1 Å². The van der Waals surface area contributed by atoms with Gasteiger partial charge in [0.25, 0.3) is 0 Å². The Labute approximate surface area is 156 Å². The lowest BCUT2D eigenvalue weighted by Crippen LogP contribution is -2.27. The fourth-order valence-corrected chi connectivity index (χ4v) is 3.79. The molecule has 1 aliphatic rings. The number of carbonyl (C=O) groups is 1.